The number of likely N-dealkylation sites (N-methyl/N-ethyl adjacent to an activating group) is 1. The van der Waals surface area contributed by atoms with E-state index in [1.807, 2.05) is 6.07 Å². The molecule has 90 valence electrons. The predicted octanol–water partition coefficient (Wildman–Crippen LogP) is 1.30. The summed E-state index contributed by atoms with van der Waals surface area (Å²) in [4.78, 5) is 10.6. The third-order valence-corrected chi connectivity index (χ3v) is 2.18. The number of nitrogens with one attached hydrogen (secondary N) is 1. The summed E-state index contributed by atoms with van der Waals surface area (Å²) in [5, 5.41) is 3.46. The topological polar surface area (TPSA) is 41.0 Å². The first-order valence-electron chi connectivity index (χ1n) is 5.67. The molecule has 4 heteroatoms. The van der Waals surface area contributed by atoms with E-state index in [4.69, 9.17) is 0 Å². The molecule has 1 aromatic heterocycles. The highest BCUT2D eigenvalue weighted by molar-refractivity contribution is 4.88. The standard InChI is InChI=1S/C12H22N4/c1-12(2,3)15-8-9-16(4)10-11-13-6-5-7-14-11/h5-7,15H,8-10H2,1-4H3. The number of hydrogen-bond acceptors (Lipinski definition) is 4. The molecule has 0 spiro atoms. The van der Waals surface area contributed by atoms with Gasteiger partial charge in [0.2, 0.25) is 0 Å². The van der Waals surface area contributed by atoms with Gasteiger partial charge < -0.3 is 5.32 Å². The molecular formula is C12H22N4. The molecule has 0 saturated carbocycles. The van der Waals surface area contributed by atoms with E-state index >= 15 is 0 Å². The quantitative estimate of drug-likeness (QED) is 0.815. The Morgan fingerprint density at radius 1 is 1.25 bits per heavy atom. The Bertz CT molecular complexity index is 292. The van der Waals surface area contributed by atoms with Crippen LogP contribution >= 0.6 is 0 Å². The lowest BCUT2D eigenvalue weighted by Gasteiger charge is -2.23. The van der Waals surface area contributed by atoms with E-state index in [0.29, 0.717) is 0 Å². The summed E-state index contributed by atoms with van der Waals surface area (Å²) in [6.45, 7) is 9.29. The van der Waals surface area contributed by atoms with Gasteiger partial charge in [-0.25, -0.2) is 9.97 Å². The summed E-state index contributed by atoms with van der Waals surface area (Å²) in [5.41, 5.74) is 0.185. The minimum absolute atomic E-state index is 0.185. The molecule has 0 aromatic carbocycles. The van der Waals surface area contributed by atoms with Gasteiger partial charge in [0.1, 0.15) is 5.82 Å². The lowest BCUT2D eigenvalue weighted by molar-refractivity contribution is 0.297. The third-order valence-electron chi connectivity index (χ3n) is 2.18. The van der Waals surface area contributed by atoms with Crippen LogP contribution in [-0.4, -0.2) is 40.5 Å². The molecule has 4 nitrogen and oxygen atoms in total. The van der Waals surface area contributed by atoms with Gasteiger partial charge in [0.25, 0.3) is 0 Å². The van der Waals surface area contributed by atoms with Crippen LogP contribution in [0.15, 0.2) is 18.5 Å². The molecule has 0 aliphatic heterocycles. The van der Waals surface area contributed by atoms with Gasteiger partial charge in [0.15, 0.2) is 0 Å². The van der Waals surface area contributed by atoms with Crippen LogP contribution < -0.4 is 5.32 Å². The second kappa shape index (κ2) is 5.92. The van der Waals surface area contributed by atoms with Gasteiger partial charge in [0, 0.05) is 31.0 Å². The summed E-state index contributed by atoms with van der Waals surface area (Å²) in [7, 11) is 2.08. The van der Waals surface area contributed by atoms with Gasteiger partial charge in [0.05, 0.1) is 6.54 Å². The molecule has 0 bridgehead atoms. The van der Waals surface area contributed by atoms with E-state index in [1.165, 1.54) is 0 Å². The van der Waals surface area contributed by atoms with Crippen molar-refractivity contribution in [3.05, 3.63) is 24.3 Å². The van der Waals surface area contributed by atoms with Gasteiger partial charge in [-0.3, -0.25) is 4.90 Å². The molecule has 0 atom stereocenters. The lowest BCUT2D eigenvalue weighted by Crippen LogP contribution is -2.40. The highest BCUT2D eigenvalue weighted by Gasteiger charge is 2.08. The Morgan fingerprint density at radius 3 is 2.44 bits per heavy atom. The van der Waals surface area contributed by atoms with Crippen molar-refractivity contribution < 1.29 is 0 Å². The van der Waals surface area contributed by atoms with Crippen molar-refractivity contribution in [1.29, 1.82) is 0 Å². The van der Waals surface area contributed by atoms with Crippen molar-refractivity contribution in [2.24, 2.45) is 0 Å². The van der Waals surface area contributed by atoms with E-state index in [1.54, 1.807) is 12.4 Å². The molecule has 1 heterocycles. The molecule has 1 aromatic rings. The van der Waals surface area contributed by atoms with Crippen molar-refractivity contribution in [3.8, 4) is 0 Å². The fourth-order valence-corrected chi connectivity index (χ4v) is 1.35. The first kappa shape index (κ1) is 13.1. The smallest absolute Gasteiger partial charge is 0.142 e. The number of aromatic nitrogens is 2. The maximum Gasteiger partial charge on any atom is 0.142 e. The highest BCUT2D eigenvalue weighted by atomic mass is 15.1. The van der Waals surface area contributed by atoms with Crippen molar-refractivity contribution in [1.82, 2.24) is 20.2 Å². The average molecular weight is 222 g/mol. The maximum atomic E-state index is 4.20. The van der Waals surface area contributed by atoms with Crippen LogP contribution in [0.3, 0.4) is 0 Å². The second-order valence-corrected chi connectivity index (χ2v) is 5.08. The molecule has 1 rings (SSSR count). The number of hydrogen-bond donors (Lipinski definition) is 1. The van der Waals surface area contributed by atoms with Crippen molar-refractivity contribution in [3.63, 3.8) is 0 Å². The Morgan fingerprint density at radius 2 is 1.88 bits per heavy atom. The molecule has 16 heavy (non-hydrogen) atoms. The van der Waals surface area contributed by atoms with Gasteiger partial charge in [-0.05, 0) is 33.9 Å². The van der Waals surface area contributed by atoms with Gasteiger partial charge in [-0.1, -0.05) is 0 Å². The van der Waals surface area contributed by atoms with E-state index < -0.39 is 0 Å². The zero-order valence-electron chi connectivity index (χ0n) is 10.7. The summed E-state index contributed by atoms with van der Waals surface area (Å²) in [6.07, 6.45) is 3.56. The van der Waals surface area contributed by atoms with Crippen LogP contribution in [0.25, 0.3) is 0 Å². The minimum atomic E-state index is 0.185. The molecule has 0 radical (unpaired) electrons. The fraction of sp³-hybridized carbons (Fsp3) is 0.667. The normalized spacial score (nSPS) is 12.1. The molecule has 0 unspecified atom stereocenters. The van der Waals surface area contributed by atoms with Crippen molar-refractivity contribution in [2.75, 3.05) is 20.1 Å². The Balaban J connectivity index is 2.24. The fourth-order valence-electron chi connectivity index (χ4n) is 1.35. The van der Waals surface area contributed by atoms with Gasteiger partial charge in [-0.15, -0.1) is 0 Å². The first-order valence-corrected chi connectivity index (χ1v) is 5.67. The van der Waals surface area contributed by atoms with Gasteiger partial charge >= 0.3 is 0 Å². The van der Waals surface area contributed by atoms with E-state index in [9.17, 15) is 0 Å². The molecule has 0 saturated heterocycles. The van der Waals surface area contributed by atoms with Crippen LogP contribution in [-0.2, 0) is 6.54 Å². The first-order chi connectivity index (χ1) is 7.47. The van der Waals surface area contributed by atoms with Crippen molar-refractivity contribution in [2.45, 2.75) is 32.9 Å². The second-order valence-electron chi connectivity index (χ2n) is 5.08. The maximum absolute atomic E-state index is 4.20. The monoisotopic (exact) mass is 222 g/mol. The Labute approximate surface area is 98.1 Å². The zero-order valence-corrected chi connectivity index (χ0v) is 10.7. The lowest BCUT2D eigenvalue weighted by atomic mass is 10.1. The SMILES string of the molecule is CN(CCNC(C)(C)C)Cc1ncccn1. The van der Waals surface area contributed by atoms with Crippen molar-refractivity contribution >= 4 is 0 Å². The predicted molar refractivity (Wildman–Crippen MR) is 66.1 cm³/mol. The molecule has 0 fully saturated rings. The Kier molecular flexibility index (Phi) is 4.83. The Hall–Kier alpha value is -1.00. The van der Waals surface area contributed by atoms with Crippen LogP contribution in [0.4, 0.5) is 0 Å². The highest BCUT2D eigenvalue weighted by Crippen LogP contribution is 1.98. The summed E-state index contributed by atoms with van der Waals surface area (Å²) >= 11 is 0. The average Bonchev–Trinajstić information content (AvgIpc) is 2.17. The molecular weight excluding hydrogens is 200 g/mol. The number of nitrogens with zero attached hydrogens (tertiary/aromatic N) is 3. The van der Waals surface area contributed by atoms with Crippen LogP contribution in [0.5, 0.6) is 0 Å². The molecule has 0 aliphatic rings. The minimum Gasteiger partial charge on any atom is -0.311 e. The van der Waals surface area contributed by atoms with E-state index in [0.717, 1.165) is 25.5 Å². The van der Waals surface area contributed by atoms with E-state index in [-0.39, 0.29) is 5.54 Å². The van der Waals surface area contributed by atoms with Crippen LogP contribution in [0, 0.1) is 0 Å². The van der Waals surface area contributed by atoms with Gasteiger partial charge in [-0.2, -0.15) is 0 Å². The molecule has 1 N–H and O–H groups in total. The largest absolute Gasteiger partial charge is 0.311 e. The summed E-state index contributed by atoms with van der Waals surface area (Å²) in [6, 6.07) is 1.84. The third kappa shape index (κ3) is 5.78. The van der Waals surface area contributed by atoms with E-state index in [2.05, 4.69) is 48.0 Å². The zero-order chi connectivity index (χ0) is 12.0. The number of rotatable bonds is 5. The summed E-state index contributed by atoms with van der Waals surface area (Å²) < 4.78 is 0. The van der Waals surface area contributed by atoms with Crippen LogP contribution in [0.2, 0.25) is 0 Å². The molecule has 0 amide bonds. The summed E-state index contributed by atoms with van der Waals surface area (Å²) in [5.74, 6) is 0.876. The van der Waals surface area contributed by atoms with Crippen LogP contribution in [0.1, 0.15) is 26.6 Å². The molecule has 0 aliphatic carbocycles.